The Morgan fingerprint density at radius 1 is 1.32 bits per heavy atom. The monoisotopic (exact) mass is 268 g/mol. The molecule has 0 radical (unpaired) electrons. The number of hydrogen-bond donors (Lipinski definition) is 1. The Morgan fingerprint density at radius 3 is 2.63 bits per heavy atom. The number of anilines is 1. The Labute approximate surface area is 109 Å². The number of rotatable bonds is 2. The molecule has 0 saturated carbocycles. The summed E-state index contributed by atoms with van der Waals surface area (Å²) >= 11 is 0. The molecule has 2 unspecified atom stereocenters. The predicted molar refractivity (Wildman–Crippen MR) is 65.5 cm³/mol. The number of halogens is 2. The van der Waals surface area contributed by atoms with Crippen molar-refractivity contribution < 1.29 is 18.4 Å². The van der Waals surface area contributed by atoms with Crippen LogP contribution in [-0.4, -0.2) is 23.9 Å². The average Bonchev–Trinajstić information content (AvgIpc) is 2.39. The van der Waals surface area contributed by atoms with Crippen LogP contribution in [0.3, 0.4) is 0 Å². The van der Waals surface area contributed by atoms with Gasteiger partial charge in [-0.3, -0.25) is 14.5 Å². The van der Waals surface area contributed by atoms with E-state index in [0.717, 1.165) is 11.0 Å². The lowest BCUT2D eigenvalue weighted by molar-refractivity contribution is -0.133. The summed E-state index contributed by atoms with van der Waals surface area (Å²) in [6.07, 6.45) is 0.394. The lowest BCUT2D eigenvalue weighted by Gasteiger charge is -2.37. The van der Waals surface area contributed by atoms with Crippen LogP contribution in [-0.2, 0) is 9.59 Å². The molecule has 102 valence electrons. The van der Waals surface area contributed by atoms with Gasteiger partial charge < -0.3 is 5.32 Å². The van der Waals surface area contributed by atoms with E-state index in [4.69, 9.17) is 0 Å². The molecule has 0 aromatic heterocycles. The molecule has 6 heteroatoms. The van der Waals surface area contributed by atoms with Gasteiger partial charge in [0.25, 0.3) is 0 Å². The maximum absolute atomic E-state index is 13.8. The third kappa shape index (κ3) is 2.18. The van der Waals surface area contributed by atoms with Crippen LogP contribution >= 0.6 is 0 Å². The first-order chi connectivity index (χ1) is 8.97. The zero-order valence-corrected chi connectivity index (χ0v) is 10.6. The summed E-state index contributed by atoms with van der Waals surface area (Å²) in [6.45, 7) is 3.21. The summed E-state index contributed by atoms with van der Waals surface area (Å²) in [5, 5.41) is 2.55. The van der Waals surface area contributed by atoms with Gasteiger partial charge in [-0.05, 0) is 25.5 Å². The van der Waals surface area contributed by atoms with E-state index in [1.54, 1.807) is 6.92 Å². The molecule has 2 amide bonds. The molecule has 1 aliphatic rings. The highest BCUT2D eigenvalue weighted by atomic mass is 19.2. The van der Waals surface area contributed by atoms with Crippen molar-refractivity contribution in [3.05, 3.63) is 29.8 Å². The van der Waals surface area contributed by atoms with Gasteiger partial charge in [0.15, 0.2) is 11.6 Å². The van der Waals surface area contributed by atoms with Gasteiger partial charge >= 0.3 is 0 Å². The molecule has 19 heavy (non-hydrogen) atoms. The fourth-order valence-electron chi connectivity index (χ4n) is 2.11. The number of piperazine rings is 1. The van der Waals surface area contributed by atoms with E-state index in [1.807, 2.05) is 0 Å². The lowest BCUT2D eigenvalue weighted by Crippen LogP contribution is -2.62. The average molecular weight is 268 g/mol. The highest BCUT2D eigenvalue weighted by Crippen LogP contribution is 2.26. The minimum absolute atomic E-state index is 0.203. The van der Waals surface area contributed by atoms with Gasteiger partial charge in [0.2, 0.25) is 11.8 Å². The fraction of sp³-hybridized carbons (Fsp3) is 0.385. The molecule has 1 aromatic carbocycles. The number of benzene rings is 1. The van der Waals surface area contributed by atoms with Crippen molar-refractivity contribution in [1.82, 2.24) is 5.32 Å². The molecular formula is C13H14F2N2O2. The van der Waals surface area contributed by atoms with Gasteiger partial charge in [0.1, 0.15) is 12.1 Å². The minimum Gasteiger partial charge on any atom is -0.343 e. The maximum atomic E-state index is 13.8. The largest absolute Gasteiger partial charge is 0.343 e. The van der Waals surface area contributed by atoms with Crippen LogP contribution < -0.4 is 10.2 Å². The Balaban J connectivity index is 2.48. The zero-order valence-electron chi connectivity index (χ0n) is 10.6. The van der Waals surface area contributed by atoms with Gasteiger partial charge in [-0.1, -0.05) is 13.0 Å². The molecule has 1 fully saturated rings. The number of nitrogens with zero attached hydrogens (tertiary/aromatic N) is 1. The van der Waals surface area contributed by atoms with Crippen LogP contribution in [0.5, 0.6) is 0 Å². The fourth-order valence-corrected chi connectivity index (χ4v) is 2.11. The summed E-state index contributed by atoms with van der Waals surface area (Å²) in [5.74, 6) is -2.97. The molecule has 2 rings (SSSR count). The summed E-state index contributed by atoms with van der Waals surface area (Å²) in [4.78, 5) is 25.0. The van der Waals surface area contributed by atoms with E-state index < -0.39 is 29.6 Å². The van der Waals surface area contributed by atoms with Crippen molar-refractivity contribution in [3.63, 3.8) is 0 Å². The Morgan fingerprint density at radius 2 is 2.00 bits per heavy atom. The van der Waals surface area contributed by atoms with E-state index >= 15 is 0 Å². The first-order valence-corrected chi connectivity index (χ1v) is 6.04. The summed E-state index contributed by atoms with van der Waals surface area (Å²) < 4.78 is 27.0. The number of amides is 2. The van der Waals surface area contributed by atoms with Crippen molar-refractivity contribution in [2.75, 3.05) is 4.90 Å². The molecule has 1 aliphatic heterocycles. The molecular weight excluding hydrogens is 254 g/mol. The Bertz CT molecular complexity index is 533. The lowest BCUT2D eigenvalue weighted by atomic mass is 10.0. The molecule has 0 aliphatic carbocycles. The standard InChI is InChI=1S/C13H14F2N2O2/c1-3-9-13(19)17(7(2)12(18)16-9)10-6-4-5-8(14)11(10)15/h4-7,9H,3H2,1-2H3,(H,16,18). The van der Waals surface area contributed by atoms with Crippen LogP contribution in [0.4, 0.5) is 14.5 Å². The summed E-state index contributed by atoms with van der Waals surface area (Å²) in [7, 11) is 0. The quantitative estimate of drug-likeness (QED) is 0.885. The van der Waals surface area contributed by atoms with Crippen LogP contribution in [0.2, 0.25) is 0 Å². The van der Waals surface area contributed by atoms with E-state index in [2.05, 4.69) is 5.32 Å². The van der Waals surface area contributed by atoms with Crippen LogP contribution in [0.25, 0.3) is 0 Å². The number of nitrogens with one attached hydrogen (secondary N) is 1. The van der Waals surface area contributed by atoms with Crippen LogP contribution in [0.1, 0.15) is 20.3 Å². The van der Waals surface area contributed by atoms with Gasteiger partial charge in [-0.2, -0.15) is 0 Å². The molecule has 1 N–H and O–H groups in total. The number of carbonyl (C=O) groups is 2. The van der Waals surface area contributed by atoms with Crippen molar-refractivity contribution in [3.8, 4) is 0 Å². The van der Waals surface area contributed by atoms with Gasteiger partial charge in [0.05, 0.1) is 5.69 Å². The van der Waals surface area contributed by atoms with Crippen LogP contribution in [0, 0.1) is 11.6 Å². The smallest absolute Gasteiger partial charge is 0.250 e. The zero-order chi connectivity index (χ0) is 14.2. The molecule has 4 nitrogen and oxygen atoms in total. The maximum Gasteiger partial charge on any atom is 0.250 e. The Hall–Kier alpha value is -1.98. The SMILES string of the molecule is CCC1NC(=O)C(C)N(c2cccc(F)c2F)C1=O. The first kappa shape index (κ1) is 13.5. The summed E-state index contributed by atoms with van der Waals surface area (Å²) in [5.41, 5.74) is -0.203. The van der Waals surface area contributed by atoms with Crippen LogP contribution in [0.15, 0.2) is 18.2 Å². The minimum atomic E-state index is -1.12. The van der Waals surface area contributed by atoms with Gasteiger partial charge in [-0.25, -0.2) is 8.78 Å². The molecule has 1 aromatic rings. The highest BCUT2D eigenvalue weighted by molar-refractivity contribution is 6.08. The third-order valence-electron chi connectivity index (χ3n) is 3.22. The van der Waals surface area contributed by atoms with E-state index in [-0.39, 0.29) is 11.6 Å². The van der Waals surface area contributed by atoms with E-state index in [9.17, 15) is 18.4 Å². The molecule has 0 bridgehead atoms. The molecule has 1 heterocycles. The second-order valence-electron chi connectivity index (χ2n) is 4.43. The predicted octanol–water partition coefficient (Wildman–Crippen LogP) is 1.59. The second kappa shape index (κ2) is 4.95. The van der Waals surface area contributed by atoms with E-state index in [0.29, 0.717) is 6.42 Å². The summed E-state index contributed by atoms with van der Waals surface area (Å²) in [6, 6.07) is 1.99. The molecule has 0 spiro atoms. The normalized spacial score (nSPS) is 23.5. The van der Waals surface area contributed by atoms with E-state index in [1.165, 1.54) is 19.1 Å². The molecule has 1 saturated heterocycles. The van der Waals surface area contributed by atoms with Crippen molar-refractivity contribution in [1.29, 1.82) is 0 Å². The third-order valence-corrected chi connectivity index (χ3v) is 3.22. The number of carbonyl (C=O) groups excluding carboxylic acids is 2. The van der Waals surface area contributed by atoms with Gasteiger partial charge in [-0.15, -0.1) is 0 Å². The van der Waals surface area contributed by atoms with Crippen molar-refractivity contribution >= 4 is 17.5 Å². The Kier molecular flexibility index (Phi) is 3.50. The second-order valence-corrected chi connectivity index (χ2v) is 4.43. The topological polar surface area (TPSA) is 49.4 Å². The van der Waals surface area contributed by atoms with Crippen molar-refractivity contribution in [2.45, 2.75) is 32.4 Å². The molecule has 2 atom stereocenters. The first-order valence-electron chi connectivity index (χ1n) is 6.04. The van der Waals surface area contributed by atoms with Gasteiger partial charge in [0, 0.05) is 0 Å². The number of hydrogen-bond acceptors (Lipinski definition) is 2. The van der Waals surface area contributed by atoms with Crippen molar-refractivity contribution in [2.24, 2.45) is 0 Å². The highest BCUT2D eigenvalue weighted by Gasteiger charge is 2.39.